The van der Waals surface area contributed by atoms with E-state index in [2.05, 4.69) is 30.4 Å². The minimum absolute atomic E-state index is 0.709. The van der Waals surface area contributed by atoms with Gasteiger partial charge >= 0.3 is 0 Å². The normalized spacial score (nSPS) is 55.3. The van der Waals surface area contributed by atoms with E-state index in [1.54, 1.807) is 5.56 Å². The quantitative estimate of drug-likeness (QED) is 0.427. The summed E-state index contributed by atoms with van der Waals surface area (Å²) in [4.78, 5) is 11.6. The van der Waals surface area contributed by atoms with E-state index in [-0.39, 0.29) is 0 Å². The summed E-state index contributed by atoms with van der Waals surface area (Å²) in [6.07, 6.45) is 10.6. The van der Waals surface area contributed by atoms with Gasteiger partial charge in [-0.05, 0) is 89.6 Å². The third kappa shape index (κ3) is 1.13. The molecule has 23 heavy (non-hydrogen) atoms. The highest BCUT2D eigenvalue weighted by Gasteiger charge is 2.70. The number of carbonyl (C=O) groups is 1. The maximum absolute atomic E-state index is 11.6. The summed E-state index contributed by atoms with van der Waals surface area (Å²) < 4.78 is 0. The SMILES string of the molecule is O=Cc1cccc2c1C1CC2C2C3CC(C4C5C=CC(C5)C34)C12. The first-order valence-corrected chi connectivity index (χ1v) is 9.63. The Kier molecular flexibility index (Phi) is 1.92. The number of benzene rings is 1. The molecule has 7 rings (SSSR count). The van der Waals surface area contributed by atoms with Crippen molar-refractivity contribution >= 4 is 6.29 Å². The van der Waals surface area contributed by atoms with E-state index in [1.807, 2.05) is 0 Å². The minimum atomic E-state index is 0.709. The van der Waals surface area contributed by atoms with Crippen LogP contribution in [-0.4, -0.2) is 6.29 Å². The lowest BCUT2D eigenvalue weighted by molar-refractivity contribution is 0.0878. The van der Waals surface area contributed by atoms with E-state index in [1.165, 1.54) is 24.8 Å². The van der Waals surface area contributed by atoms with Crippen LogP contribution < -0.4 is 0 Å². The number of aldehydes is 1. The van der Waals surface area contributed by atoms with Crippen molar-refractivity contribution in [1.82, 2.24) is 0 Å². The van der Waals surface area contributed by atoms with E-state index >= 15 is 0 Å². The molecule has 1 aromatic carbocycles. The summed E-state index contributed by atoms with van der Waals surface area (Å²) >= 11 is 0. The molecule has 6 bridgehead atoms. The molecule has 0 heterocycles. The zero-order valence-electron chi connectivity index (χ0n) is 13.3. The largest absolute Gasteiger partial charge is 0.298 e. The highest BCUT2D eigenvalue weighted by molar-refractivity contribution is 5.79. The number of fused-ring (bicyclic) bond motifs is 19. The second kappa shape index (κ2) is 3.66. The first-order chi connectivity index (χ1) is 11.4. The predicted octanol–water partition coefficient (Wildman–Crippen LogP) is 4.40. The van der Waals surface area contributed by atoms with E-state index in [0.717, 1.165) is 65.1 Å². The number of carbonyl (C=O) groups excluding carboxylic acids is 1. The standard InChI is InChI=1S/C22H22O/c23-9-12-2-1-3-13-14-7-15(18(12)13)22-17-8-16(21(14)22)19-10-4-5-11(6-10)20(17)19/h1-5,9-11,14-17,19-22H,6-8H2. The van der Waals surface area contributed by atoms with E-state index in [0.29, 0.717) is 5.92 Å². The Morgan fingerprint density at radius 1 is 0.826 bits per heavy atom. The van der Waals surface area contributed by atoms with Gasteiger partial charge in [-0.2, -0.15) is 0 Å². The molecule has 116 valence electrons. The van der Waals surface area contributed by atoms with Gasteiger partial charge in [0.15, 0.2) is 0 Å². The number of hydrogen-bond acceptors (Lipinski definition) is 1. The lowest BCUT2D eigenvalue weighted by atomic mass is 9.60. The van der Waals surface area contributed by atoms with Crippen molar-refractivity contribution in [3.63, 3.8) is 0 Å². The van der Waals surface area contributed by atoms with Crippen LogP contribution in [0, 0.1) is 47.3 Å². The zero-order valence-corrected chi connectivity index (χ0v) is 13.3. The van der Waals surface area contributed by atoms with Crippen LogP contribution in [0.2, 0.25) is 0 Å². The summed E-state index contributed by atoms with van der Waals surface area (Å²) in [5.41, 5.74) is 4.03. The molecule has 4 saturated carbocycles. The van der Waals surface area contributed by atoms with Crippen LogP contribution in [0.5, 0.6) is 0 Å². The number of allylic oxidation sites excluding steroid dienone is 2. The lowest BCUT2D eigenvalue weighted by Crippen LogP contribution is -2.39. The van der Waals surface area contributed by atoms with Gasteiger partial charge in [-0.25, -0.2) is 0 Å². The van der Waals surface area contributed by atoms with Crippen LogP contribution >= 0.6 is 0 Å². The van der Waals surface area contributed by atoms with Gasteiger partial charge < -0.3 is 0 Å². The fourth-order valence-electron chi connectivity index (χ4n) is 8.95. The number of hydrogen-bond donors (Lipinski definition) is 0. The molecule has 0 radical (unpaired) electrons. The van der Waals surface area contributed by atoms with E-state index in [4.69, 9.17) is 0 Å². The highest BCUT2D eigenvalue weighted by Crippen LogP contribution is 2.78. The molecule has 10 atom stereocenters. The van der Waals surface area contributed by atoms with Gasteiger partial charge in [0.1, 0.15) is 6.29 Å². The second-order valence-corrected chi connectivity index (χ2v) is 9.24. The molecule has 6 aliphatic carbocycles. The molecule has 0 spiro atoms. The molecule has 0 amide bonds. The average Bonchev–Trinajstić information content (AvgIpc) is 3.39. The summed E-state index contributed by atoms with van der Waals surface area (Å²) in [6.45, 7) is 0. The first-order valence-electron chi connectivity index (χ1n) is 9.63. The summed E-state index contributed by atoms with van der Waals surface area (Å²) in [5.74, 6) is 9.16. The molecule has 0 aliphatic heterocycles. The predicted molar refractivity (Wildman–Crippen MR) is 88.2 cm³/mol. The Bertz CT molecular complexity index is 776. The Hall–Kier alpha value is -1.37. The Labute approximate surface area is 137 Å². The molecule has 0 saturated heterocycles. The fraction of sp³-hybridized carbons (Fsp3) is 0.591. The van der Waals surface area contributed by atoms with Crippen molar-refractivity contribution in [1.29, 1.82) is 0 Å². The molecule has 4 fully saturated rings. The molecule has 1 heteroatoms. The smallest absolute Gasteiger partial charge is 0.150 e. The van der Waals surface area contributed by atoms with Gasteiger partial charge in [0.2, 0.25) is 0 Å². The molecule has 0 N–H and O–H groups in total. The molecule has 0 aromatic heterocycles. The average molecular weight is 302 g/mol. The van der Waals surface area contributed by atoms with Gasteiger partial charge in [0, 0.05) is 5.56 Å². The highest BCUT2D eigenvalue weighted by atomic mass is 16.1. The van der Waals surface area contributed by atoms with Crippen LogP contribution in [0.3, 0.4) is 0 Å². The molecular formula is C22H22O. The first kappa shape index (κ1) is 12.1. The van der Waals surface area contributed by atoms with Gasteiger partial charge in [-0.15, -0.1) is 0 Å². The van der Waals surface area contributed by atoms with E-state index < -0.39 is 0 Å². The molecule has 10 unspecified atom stereocenters. The fourth-order valence-corrected chi connectivity index (χ4v) is 8.95. The maximum Gasteiger partial charge on any atom is 0.150 e. The maximum atomic E-state index is 11.6. The molecule has 6 aliphatic rings. The van der Waals surface area contributed by atoms with Gasteiger partial charge in [0.25, 0.3) is 0 Å². The van der Waals surface area contributed by atoms with Gasteiger partial charge in [-0.3, -0.25) is 4.79 Å². The van der Waals surface area contributed by atoms with Crippen LogP contribution in [0.15, 0.2) is 30.4 Å². The van der Waals surface area contributed by atoms with Crippen molar-refractivity contribution in [2.45, 2.75) is 31.1 Å². The lowest BCUT2D eigenvalue weighted by Gasteiger charge is -2.44. The second-order valence-electron chi connectivity index (χ2n) is 9.24. The third-order valence-electron chi connectivity index (χ3n) is 9.06. The summed E-state index contributed by atoms with van der Waals surface area (Å²) in [6, 6.07) is 6.51. The van der Waals surface area contributed by atoms with Crippen molar-refractivity contribution in [2.75, 3.05) is 0 Å². The van der Waals surface area contributed by atoms with Crippen LogP contribution in [0.4, 0.5) is 0 Å². The zero-order chi connectivity index (χ0) is 14.9. The Morgan fingerprint density at radius 3 is 2.30 bits per heavy atom. The van der Waals surface area contributed by atoms with Crippen molar-refractivity contribution in [3.05, 3.63) is 47.0 Å². The van der Waals surface area contributed by atoms with Gasteiger partial charge in [-0.1, -0.05) is 30.4 Å². The Balaban J connectivity index is 1.39. The number of rotatable bonds is 1. The monoisotopic (exact) mass is 302 g/mol. The molecular weight excluding hydrogens is 280 g/mol. The third-order valence-corrected chi connectivity index (χ3v) is 9.06. The Morgan fingerprint density at radius 2 is 1.57 bits per heavy atom. The van der Waals surface area contributed by atoms with Crippen molar-refractivity contribution < 1.29 is 4.79 Å². The summed E-state index contributed by atoms with van der Waals surface area (Å²) in [7, 11) is 0. The topological polar surface area (TPSA) is 17.1 Å². The molecule has 1 nitrogen and oxygen atoms in total. The van der Waals surface area contributed by atoms with Crippen LogP contribution in [0.25, 0.3) is 0 Å². The van der Waals surface area contributed by atoms with E-state index in [9.17, 15) is 4.79 Å². The van der Waals surface area contributed by atoms with Crippen molar-refractivity contribution in [2.24, 2.45) is 47.3 Å². The van der Waals surface area contributed by atoms with Crippen LogP contribution in [0.1, 0.15) is 52.6 Å². The van der Waals surface area contributed by atoms with Crippen LogP contribution in [-0.2, 0) is 0 Å². The minimum Gasteiger partial charge on any atom is -0.298 e. The van der Waals surface area contributed by atoms with Gasteiger partial charge in [0.05, 0.1) is 0 Å². The summed E-state index contributed by atoms with van der Waals surface area (Å²) in [5, 5.41) is 0. The molecule has 1 aromatic rings. The van der Waals surface area contributed by atoms with Crippen molar-refractivity contribution in [3.8, 4) is 0 Å².